The topological polar surface area (TPSA) is 97.6 Å². The first-order valence-corrected chi connectivity index (χ1v) is 11.6. The molecule has 1 N–H and O–H groups in total. The molecule has 0 saturated heterocycles. The number of hydrogen-bond acceptors (Lipinski definition) is 6. The van der Waals surface area contributed by atoms with E-state index in [1.807, 2.05) is 62.0 Å². The molecular weight excluding hydrogens is 450 g/mol. The number of benzene rings is 1. The Morgan fingerprint density at radius 2 is 1.97 bits per heavy atom. The Balaban J connectivity index is 1.96. The van der Waals surface area contributed by atoms with E-state index in [-0.39, 0.29) is 31.1 Å². The Morgan fingerprint density at radius 3 is 2.57 bits per heavy atom. The molecular formula is C25H35N5O5. The summed E-state index contributed by atoms with van der Waals surface area (Å²) in [6.07, 6.45) is 2.43. The van der Waals surface area contributed by atoms with Gasteiger partial charge in [0, 0.05) is 44.9 Å². The fourth-order valence-corrected chi connectivity index (χ4v) is 4.03. The van der Waals surface area contributed by atoms with Crippen LogP contribution in [-0.2, 0) is 16.6 Å². The van der Waals surface area contributed by atoms with Crippen molar-refractivity contribution >= 4 is 17.6 Å². The zero-order valence-corrected chi connectivity index (χ0v) is 21.3. The molecule has 2 aromatic rings. The van der Waals surface area contributed by atoms with Gasteiger partial charge in [-0.2, -0.15) is 5.10 Å². The number of nitrogens with zero attached hydrogens (tertiary/aromatic N) is 4. The van der Waals surface area contributed by atoms with E-state index in [0.717, 1.165) is 17.0 Å². The van der Waals surface area contributed by atoms with Crippen molar-refractivity contribution < 1.29 is 23.8 Å². The standard InChI is InChI=1S/C25H35N5O5/c1-17(2)26-25(32)29(12-13-33-4)16-24(31)30-22(15-20(27-30)21-8-7-11-28(21)3)19-14-18(34-5)9-10-23(19)35-6/h7-11,14,17,22H,12-13,15-16H2,1-6H3,(H,26,32)/t22-/m0/s1. The summed E-state index contributed by atoms with van der Waals surface area (Å²) in [6, 6.07) is 8.58. The van der Waals surface area contributed by atoms with E-state index in [2.05, 4.69) is 5.32 Å². The van der Waals surface area contributed by atoms with Crippen LogP contribution in [0.2, 0.25) is 0 Å². The summed E-state index contributed by atoms with van der Waals surface area (Å²) in [5.74, 6) is 0.975. The van der Waals surface area contributed by atoms with Crippen LogP contribution in [0.15, 0.2) is 41.6 Å². The molecule has 1 atom stereocenters. The van der Waals surface area contributed by atoms with Gasteiger partial charge in [0.1, 0.15) is 18.0 Å². The van der Waals surface area contributed by atoms with Gasteiger partial charge in [0.25, 0.3) is 5.91 Å². The second-order valence-electron chi connectivity index (χ2n) is 8.64. The lowest BCUT2D eigenvalue weighted by molar-refractivity contribution is -0.133. The van der Waals surface area contributed by atoms with Crippen LogP contribution in [0.1, 0.15) is 37.6 Å². The average Bonchev–Trinajstić information content (AvgIpc) is 3.46. The first-order valence-electron chi connectivity index (χ1n) is 11.6. The number of aryl methyl sites for hydroxylation is 1. The maximum absolute atomic E-state index is 13.6. The van der Waals surface area contributed by atoms with Gasteiger partial charge in [-0.1, -0.05) is 0 Å². The van der Waals surface area contributed by atoms with Crippen LogP contribution in [0.4, 0.5) is 4.79 Å². The van der Waals surface area contributed by atoms with E-state index in [4.69, 9.17) is 19.3 Å². The predicted octanol–water partition coefficient (Wildman–Crippen LogP) is 2.79. The molecule has 1 aliphatic rings. The molecule has 3 rings (SSSR count). The summed E-state index contributed by atoms with van der Waals surface area (Å²) < 4.78 is 18.2. The summed E-state index contributed by atoms with van der Waals surface area (Å²) in [7, 11) is 6.68. The minimum Gasteiger partial charge on any atom is -0.497 e. The first-order chi connectivity index (χ1) is 16.8. The van der Waals surface area contributed by atoms with Crippen LogP contribution in [0.3, 0.4) is 0 Å². The van der Waals surface area contributed by atoms with E-state index in [9.17, 15) is 9.59 Å². The fourth-order valence-electron chi connectivity index (χ4n) is 4.03. The van der Waals surface area contributed by atoms with Crippen LogP contribution in [-0.4, -0.2) is 79.2 Å². The number of urea groups is 1. The lowest BCUT2D eigenvalue weighted by Crippen LogP contribution is -2.48. The molecule has 10 nitrogen and oxygen atoms in total. The Hall–Kier alpha value is -3.53. The molecule has 0 saturated carbocycles. The fraction of sp³-hybridized carbons (Fsp3) is 0.480. The maximum Gasteiger partial charge on any atom is 0.318 e. The van der Waals surface area contributed by atoms with Crippen molar-refractivity contribution in [1.82, 2.24) is 19.8 Å². The number of carbonyl (C=O) groups is 2. The highest BCUT2D eigenvalue weighted by Crippen LogP contribution is 2.39. The van der Waals surface area contributed by atoms with Crippen molar-refractivity contribution in [3.8, 4) is 11.5 Å². The van der Waals surface area contributed by atoms with Gasteiger partial charge in [-0.15, -0.1) is 0 Å². The number of nitrogens with one attached hydrogen (secondary N) is 1. The summed E-state index contributed by atoms with van der Waals surface area (Å²) in [5.41, 5.74) is 2.47. The smallest absolute Gasteiger partial charge is 0.318 e. The van der Waals surface area contributed by atoms with Gasteiger partial charge < -0.3 is 29.0 Å². The number of rotatable bonds is 10. The summed E-state index contributed by atoms with van der Waals surface area (Å²) >= 11 is 0. The van der Waals surface area contributed by atoms with Crippen LogP contribution in [0.25, 0.3) is 0 Å². The number of carbonyl (C=O) groups excluding carboxylic acids is 2. The molecule has 0 fully saturated rings. The van der Waals surface area contributed by atoms with E-state index in [1.54, 1.807) is 21.3 Å². The van der Waals surface area contributed by atoms with Crippen molar-refractivity contribution in [3.63, 3.8) is 0 Å². The molecule has 10 heteroatoms. The number of ether oxygens (including phenoxy) is 3. The van der Waals surface area contributed by atoms with Crippen molar-refractivity contribution in [3.05, 3.63) is 47.8 Å². The number of hydrogen-bond donors (Lipinski definition) is 1. The van der Waals surface area contributed by atoms with E-state index < -0.39 is 6.04 Å². The Labute approximate surface area is 206 Å². The minimum absolute atomic E-state index is 0.0646. The molecule has 1 aromatic carbocycles. The molecule has 0 radical (unpaired) electrons. The minimum atomic E-state index is -0.421. The van der Waals surface area contributed by atoms with Gasteiger partial charge >= 0.3 is 6.03 Å². The third kappa shape index (κ3) is 6.13. The molecule has 3 amide bonds. The highest BCUT2D eigenvalue weighted by atomic mass is 16.5. The summed E-state index contributed by atoms with van der Waals surface area (Å²) in [5, 5.41) is 9.04. The zero-order valence-electron chi connectivity index (χ0n) is 21.3. The number of aromatic nitrogens is 1. The highest BCUT2D eigenvalue weighted by Gasteiger charge is 2.36. The van der Waals surface area contributed by atoms with E-state index in [1.165, 1.54) is 9.91 Å². The van der Waals surface area contributed by atoms with Gasteiger partial charge in [0.2, 0.25) is 0 Å². The molecule has 0 bridgehead atoms. The van der Waals surface area contributed by atoms with Crippen molar-refractivity contribution in [2.75, 3.05) is 41.0 Å². The second-order valence-corrected chi connectivity index (χ2v) is 8.64. The van der Waals surface area contributed by atoms with Crippen LogP contribution < -0.4 is 14.8 Å². The van der Waals surface area contributed by atoms with Gasteiger partial charge in [0.05, 0.1) is 38.3 Å². The van der Waals surface area contributed by atoms with Gasteiger partial charge in [-0.05, 0) is 44.2 Å². The quantitative estimate of drug-likeness (QED) is 0.558. The van der Waals surface area contributed by atoms with Crippen molar-refractivity contribution in [1.29, 1.82) is 0 Å². The second kappa shape index (κ2) is 11.7. The molecule has 1 aromatic heterocycles. The Bertz CT molecular complexity index is 1060. The summed E-state index contributed by atoms with van der Waals surface area (Å²) in [4.78, 5) is 27.8. The monoisotopic (exact) mass is 485 g/mol. The third-order valence-electron chi connectivity index (χ3n) is 5.79. The largest absolute Gasteiger partial charge is 0.497 e. The average molecular weight is 486 g/mol. The normalized spacial score (nSPS) is 15.2. The van der Waals surface area contributed by atoms with E-state index in [0.29, 0.717) is 24.5 Å². The van der Waals surface area contributed by atoms with E-state index >= 15 is 0 Å². The number of hydrazone groups is 1. The molecule has 0 unspecified atom stereocenters. The molecule has 35 heavy (non-hydrogen) atoms. The number of methoxy groups -OCH3 is 3. The van der Waals surface area contributed by atoms with Crippen molar-refractivity contribution in [2.24, 2.45) is 12.1 Å². The first kappa shape index (κ1) is 26.1. The van der Waals surface area contributed by atoms with Crippen molar-refractivity contribution in [2.45, 2.75) is 32.4 Å². The van der Waals surface area contributed by atoms with Crippen LogP contribution >= 0.6 is 0 Å². The number of amides is 3. The Kier molecular flexibility index (Phi) is 8.75. The SMILES string of the molecule is COCCN(CC(=O)N1N=C(c2cccn2C)C[C@H]1c1cc(OC)ccc1OC)C(=O)NC(C)C. The third-order valence-corrected chi connectivity index (χ3v) is 5.79. The summed E-state index contributed by atoms with van der Waals surface area (Å²) in [6.45, 7) is 4.18. The molecule has 2 heterocycles. The predicted molar refractivity (Wildman–Crippen MR) is 133 cm³/mol. The van der Waals surface area contributed by atoms with Gasteiger partial charge in [0.15, 0.2) is 0 Å². The van der Waals surface area contributed by atoms with Crippen LogP contribution in [0.5, 0.6) is 11.5 Å². The Morgan fingerprint density at radius 1 is 1.20 bits per heavy atom. The molecule has 1 aliphatic heterocycles. The molecule has 0 spiro atoms. The molecule has 0 aliphatic carbocycles. The maximum atomic E-state index is 13.6. The lowest BCUT2D eigenvalue weighted by atomic mass is 9.99. The van der Waals surface area contributed by atoms with Gasteiger partial charge in [-0.25, -0.2) is 9.80 Å². The zero-order chi connectivity index (χ0) is 25.5. The highest BCUT2D eigenvalue weighted by molar-refractivity contribution is 6.02. The van der Waals surface area contributed by atoms with Crippen LogP contribution in [0, 0.1) is 0 Å². The lowest BCUT2D eigenvalue weighted by Gasteiger charge is -2.28. The van der Waals surface area contributed by atoms with Gasteiger partial charge in [-0.3, -0.25) is 4.79 Å². The molecule has 190 valence electrons.